The first kappa shape index (κ1) is 24.2. The molecule has 1 aliphatic heterocycles. The van der Waals surface area contributed by atoms with Gasteiger partial charge < -0.3 is 9.30 Å². The number of esters is 1. The van der Waals surface area contributed by atoms with Gasteiger partial charge in [-0.1, -0.05) is 35.1 Å². The van der Waals surface area contributed by atoms with Crippen molar-refractivity contribution in [3.8, 4) is 0 Å². The second-order valence-corrected chi connectivity index (χ2v) is 11.0. The van der Waals surface area contributed by atoms with Gasteiger partial charge in [-0.15, -0.1) is 0 Å². The summed E-state index contributed by atoms with van der Waals surface area (Å²) in [5.41, 5.74) is 1.15. The number of aromatic nitrogens is 1. The van der Waals surface area contributed by atoms with E-state index in [2.05, 4.69) is 4.99 Å². The van der Waals surface area contributed by atoms with Gasteiger partial charge in [0.05, 0.1) is 22.2 Å². The number of rotatable bonds is 5. The van der Waals surface area contributed by atoms with Gasteiger partial charge in [-0.25, -0.2) is 12.8 Å². The molecule has 4 rings (SSSR count). The van der Waals surface area contributed by atoms with E-state index >= 15 is 0 Å². The van der Waals surface area contributed by atoms with Gasteiger partial charge in [0, 0.05) is 19.0 Å². The largest absolute Gasteiger partial charge is 0.468 e. The van der Waals surface area contributed by atoms with E-state index in [4.69, 9.17) is 4.74 Å². The minimum atomic E-state index is -3.64. The van der Waals surface area contributed by atoms with Gasteiger partial charge in [0.25, 0.3) is 5.91 Å². The van der Waals surface area contributed by atoms with Crippen molar-refractivity contribution in [3.05, 3.63) is 58.6 Å². The molecule has 180 valence electrons. The number of amides is 1. The normalized spacial score (nSPS) is 16.1. The maximum atomic E-state index is 14.5. The Bertz CT molecular complexity index is 1400. The highest BCUT2D eigenvalue weighted by Crippen LogP contribution is 2.25. The Morgan fingerprint density at radius 2 is 1.82 bits per heavy atom. The zero-order chi connectivity index (χ0) is 24.5. The second-order valence-electron chi connectivity index (χ2n) is 8.07. The summed E-state index contributed by atoms with van der Waals surface area (Å²) in [5, 5.41) is 0. The number of hydrogen-bond acceptors (Lipinski definition) is 6. The van der Waals surface area contributed by atoms with Crippen LogP contribution in [0.2, 0.25) is 0 Å². The predicted octanol–water partition coefficient (Wildman–Crippen LogP) is 2.85. The Labute approximate surface area is 200 Å². The summed E-state index contributed by atoms with van der Waals surface area (Å²) in [4.78, 5) is 29.5. The van der Waals surface area contributed by atoms with Crippen molar-refractivity contribution in [2.24, 2.45) is 10.9 Å². The molecule has 11 heteroatoms. The SMILES string of the molecule is COC(=O)Cn1c(=NC(=O)C2CCN(S(=O)(=O)c3ccc(C)cc3)CC2)sc2cccc(F)c21. The number of methoxy groups -OCH3 is 1. The lowest BCUT2D eigenvalue weighted by Crippen LogP contribution is -2.40. The Hall–Kier alpha value is -2.89. The van der Waals surface area contributed by atoms with Crippen LogP contribution in [0.4, 0.5) is 4.39 Å². The number of piperidine rings is 1. The molecule has 1 aliphatic rings. The van der Waals surface area contributed by atoms with E-state index in [1.807, 2.05) is 6.92 Å². The van der Waals surface area contributed by atoms with Gasteiger partial charge in [0.1, 0.15) is 12.4 Å². The lowest BCUT2D eigenvalue weighted by molar-refractivity contribution is -0.141. The van der Waals surface area contributed by atoms with E-state index in [-0.39, 0.29) is 34.8 Å². The lowest BCUT2D eigenvalue weighted by Gasteiger charge is -2.29. The van der Waals surface area contributed by atoms with Crippen LogP contribution in [-0.2, 0) is 30.9 Å². The summed E-state index contributed by atoms with van der Waals surface area (Å²) in [6.07, 6.45) is 0.646. The van der Waals surface area contributed by atoms with Crippen LogP contribution in [0, 0.1) is 18.7 Å². The number of carbonyl (C=O) groups is 2. The molecule has 2 heterocycles. The number of fused-ring (bicyclic) bond motifs is 1. The zero-order valence-corrected chi connectivity index (χ0v) is 20.4. The number of benzene rings is 2. The molecule has 8 nitrogen and oxygen atoms in total. The molecule has 0 atom stereocenters. The zero-order valence-electron chi connectivity index (χ0n) is 18.7. The summed E-state index contributed by atoms with van der Waals surface area (Å²) in [5.74, 6) is -2.00. The van der Waals surface area contributed by atoms with E-state index in [1.165, 1.54) is 22.0 Å². The number of aryl methyl sites for hydroxylation is 1. The van der Waals surface area contributed by atoms with E-state index in [0.717, 1.165) is 16.9 Å². The molecule has 0 saturated carbocycles. The fourth-order valence-electron chi connectivity index (χ4n) is 3.90. The predicted molar refractivity (Wildman–Crippen MR) is 125 cm³/mol. The number of hydrogen-bond donors (Lipinski definition) is 0. The molecule has 1 amide bonds. The Morgan fingerprint density at radius 3 is 2.47 bits per heavy atom. The smallest absolute Gasteiger partial charge is 0.325 e. The molecule has 3 aromatic rings. The Balaban J connectivity index is 1.55. The van der Waals surface area contributed by atoms with E-state index in [1.54, 1.807) is 36.4 Å². The van der Waals surface area contributed by atoms with Crippen LogP contribution in [0.25, 0.3) is 10.2 Å². The van der Waals surface area contributed by atoms with Crippen LogP contribution in [0.15, 0.2) is 52.4 Å². The molecule has 2 aromatic carbocycles. The van der Waals surface area contributed by atoms with Crippen molar-refractivity contribution in [2.45, 2.75) is 31.2 Å². The Morgan fingerprint density at radius 1 is 1.15 bits per heavy atom. The number of thiazole rings is 1. The number of halogens is 1. The van der Waals surface area contributed by atoms with Crippen LogP contribution in [0.5, 0.6) is 0 Å². The quantitative estimate of drug-likeness (QED) is 0.497. The van der Waals surface area contributed by atoms with Gasteiger partial charge in [-0.2, -0.15) is 9.30 Å². The third-order valence-corrected chi connectivity index (χ3v) is 8.79. The highest BCUT2D eigenvalue weighted by molar-refractivity contribution is 7.89. The van der Waals surface area contributed by atoms with E-state index in [0.29, 0.717) is 17.5 Å². The number of sulfonamides is 1. The molecule has 1 fully saturated rings. The lowest BCUT2D eigenvalue weighted by atomic mass is 9.98. The molecular formula is C23H24FN3O5S2. The minimum Gasteiger partial charge on any atom is -0.468 e. The van der Waals surface area contributed by atoms with Crippen molar-refractivity contribution >= 4 is 43.5 Å². The number of nitrogens with zero attached hydrogens (tertiary/aromatic N) is 3. The average molecular weight is 506 g/mol. The standard InChI is InChI=1S/C23H24FN3O5S2/c1-15-6-8-17(9-7-15)34(30,31)26-12-10-16(11-13-26)22(29)25-23-27(14-20(28)32-2)21-18(24)4-3-5-19(21)33-23/h3-9,16H,10-14H2,1-2H3. The number of para-hydroxylation sites is 1. The van der Waals surface area contributed by atoms with Crippen molar-refractivity contribution < 1.29 is 27.1 Å². The van der Waals surface area contributed by atoms with Gasteiger partial charge in [0.15, 0.2) is 4.80 Å². The van der Waals surface area contributed by atoms with Crippen molar-refractivity contribution in [1.82, 2.24) is 8.87 Å². The second kappa shape index (κ2) is 9.77. The molecule has 0 aliphatic carbocycles. The molecule has 0 spiro atoms. The summed E-state index contributed by atoms with van der Waals surface area (Å²) in [6, 6.07) is 11.2. The van der Waals surface area contributed by atoms with Crippen LogP contribution in [0.3, 0.4) is 0 Å². The van der Waals surface area contributed by atoms with Crippen LogP contribution >= 0.6 is 11.3 Å². The van der Waals surface area contributed by atoms with Crippen molar-refractivity contribution in [2.75, 3.05) is 20.2 Å². The van der Waals surface area contributed by atoms with Crippen LogP contribution < -0.4 is 4.80 Å². The van der Waals surface area contributed by atoms with Crippen molar-refractivity contribution in [1.29, 1.82) is 0 Å². The first-order valence-electron chi connectivity index (χ1n) is 10.7. The fraction of sp³-hybridized carbons (Fsp3) is 0.348. The first-order chi connectivity index (χ1) is 16.2. The molecule has 0 bridgehead atoms. The first-order valence-corrected chi connectivity index (χ1v) is 13.0. The van der Waals surface area contributed by atoms with Crippen LogP contribution in [-0.4, -0.2) is 49.4 Å². The maximum Gasteiger partial charge on any atom is 0.325 e. The third kappa shape index (κ3) is 4.82. The highest BCUT2D eigenvalue weighted by Gasteiger charge is 2.32. The van der Waals surface area contributed by atoms with Gasteiger partial charge >= 0.3 is 5.97 Å². The monoisotopic (exact) mass is 505 g/mol. The Kier molecular flexibility index (Phi) is 6.96. The number of carbonyl (C=O) groups excluding carboxylic acids is 2. The van der Waals surface area contributed by atoms with Gasteiger partial charge in [-0.3, -0.25) is 9.59 Å². The van der Waals surface area contributed by atoms with Gasteiger partial charge in [-0.05, 0) is 44.0 Å². The summed E-state index contributed by atoms with van der Waals surface area (Å²) in [7, 11) is -2.41. The molecule has 0 N–H and O–H groups in total. The fourth-order valence-corrected chi connectivity index (χ4v) is 6.42. The average Bonchev–Trinajstić information content (AvgIpc) is 3.17. The molecular weight excluding hydrogens is 481 g/mol. The summed E-state index contributed by atoms with van der Waals surface area (Å²) >= 11 is 1.11. The molecule has 0 unspecified atom stereocenters. The van der Waals surface area contributed by atoms with E-state index < -0.39 is 33.6 Å². The summed E-state index contributed by atoms with van der Waals surface area (Å²) in [6.45, 7) is 2.00. The topological polar surface area (TPSA) is 98.0 Å². The summed E-state index contributed by atoms with van der Waals surface area (Å²) < 4.78 is 48.3. The molecule has 1 saturated heterocycles. The van der Waals surface area contributed by atoms with E-state index in [9.17, 15) is 22.4 Å². The van der Waals surface area contributed by atoms with Gasteiger partial charge in [0.2, 0.25) is 10.0 Å². The van der Waals surface area contributed by atoms with Crippen LogP contribution in [0.1, 0.15) is 18.4 Å². The maximum absolute atomic E-state index is 14.5. The highest BCUT2D eigenvalue weighted by atomic mass is 32.2. The number of ether oxygens (including phenoxy) is 1. The third-order valence-electron chi connectivity index (χ3n) is 5.83. The molecule has 34 heavy (non-hydrogen) atoms. The molecule has 0 radical (unpaired) electrons. The molecule has 1 aromatic heterocycles. The van der Waals surface area contributed by atoms with Crippen molar-refractivity contribution in [3.63, 3.8) is 0 Å². The minimum absolute atomic E-state index is 0.184.